The molecule has 0 spiro atoms. The molecule has 0 aliphatic rings. The summed E-state index contributed by atoms with van der Waals surface area (Å²) in [5.74, 6) is 0.663. The summed E-state index contributed by atoms with van der Waals surface area (Å²) in [6.45, 7) is 12.9. The molecule has 0 fully saturated rings. The van der Waals surface area contributed by atoms with Gasteiger partial charge in [-0.25, -0.2) is 0 Å². The fourth-order valence-electron chi connectivity index (χ4n) is 1.92. The predicted octanol–water partition coefficient (Wildman–Crippen LogP) is 5.38. The Hall–Kier alpha value is -1.08. The zero-order valence-electron chi connectivity index (χ0n) is 15.0. The van der Waals surface area contributed by atoms with E-state index in [4.69, 9.17) is 10.2 Å². The van der Waals surface area contributed by atoms with E-state index in [0.717, 1.165) is 0 Å². The van der Waals surface area contributed by atoms with Crippen molar-refractivity contribution in [3.63, 3.8) is 0 Å². The van der Waals surface area contributed by atoms with E-state index in [1.807, 2.05) is 24.3 Å². The third-order valence-electron chi connectivity index (χ3n) is 3.47. The summed E-state index contributed by atoms with van der Waals surface area (Å²) < 4.78 is 0. The van der Waals surface area contributed by atoms with Gasteiger partial charge in [-0.15, -0.1) is 0 Å². The zero-order chi connectivity index (χ0) is 17.0. The van der Waals surface area contributed by atoms with Gasteiger partial charge in [-0.1, -0.05) is 65.8 Å². The van der Waals surface area contributed by atoms with Gasteiger partial charge in [0.25, 0.3) is 0 Å². The van der Waals surface area contributed by atoms with Crippen LogP contribution in [0.25, 0.3) is 0 Å². The third-order valence-corrected chi connectivity index (χ3v) is 3.47. The smallest absolute Gasteiger partial charge is 0.115 e. The van der Waals surface area contributed by atoms with Gasteiger partial charge in [-0.3, -0.25) is 0 Å². The van der Waals surface area contributed by atoms with Crippen molar-refractivity contribution in [1.82, 2.24) is 0 Å². The topological polar surface area (TPSA) is 40.5 Å². The molecule has 0 amide bonds. The molecule has 0 aromatic heterocycles. The minimum atomic E-state index is 0. The molecule has 2 aromatic rings. The van der Waals surface area contributed by atoms with E-state index in [1.165, 1.54) is 11.1 Å². The van der Waals surface area contributed by atoms with Crippen LogP contribution < -0.4 is 0 Å². The minimum Gasteiger partial charge on any atom is -0.508 e. The molecule has 0 radical (unpaired) electrons. The summed E-state index contributed by atoms with van der Waals surface area (Å²) in [6, 6.07) is 14.7. The molecule has 0 heterocycles. The second-order valence-electron chi connectivity index (χ2n) is 7.59. The Labute approximate surface area is 159 Å². The van der Waals surface area contributed by atoms with Crippen LogP contribution in [0.15, 0.2) is 48.5 Å². The first-order valence-electron chi connectivity index (χ1n) is 7.59. The Morgan fingerprint density at radius 3 is 0.913 bits per heavy atom. The van der Waals surface area contributed by atoms with E-state index >= 15 is 0 Å². The van der Waals surface area contributed by atoms with Gasteiger partial charge in [-0.05, 0) is 46.2 Å². The van der Waals surface area contributed by atoms with Crippen molar-refractivity contribution in [2.75, 3.05) is 0 Å². The first kappa shape index (κ1) is 21.9. The Morgan fingerprint density at radius 2 is 0.739 bits per heavy atom. The second kappa shape index (κ2) is 8.69. The first-order valence-corrected chi connectivity index (χ1v) is 7.59. The Kier molecular flexibility index (Phi) is 8.28. The van der Waals surface area contributed by atoms with Crippen LogP contribution in [0.1, 0.15) is 52.7 Å². The normalized spacial score (nSPS) is 11.0. The molecule has 0 bridgehead atoms. The minimum absolute atomic E-state index is 0. The summed E-state index contributed by atoms with van der Waals surface area (Å²) >= 11 is 0. The van der Waals surface area contributed by atoms with Crippen LogP contribution in [0.2, 0.25) is 0 Å². The standard InChI is InChI=1S/2C10H14O.Zr/c2*1-10(2,3)8-4-6-9(11)7-5-8;/h2*4-7,11H,1-3H3;. The van der Waals surface area contributed by atoms with E-state index in [1.54, 1.807) is 24.3 Å². The maximum Gasteiger partial charge on any atom is 0.115 e. The predicted molar refractivity (Wildman–Crippen MR) is 93.6 cm³/mol. The van der Waals surface area contributed by atoms with Crippen molar-refractivity contribution >= 4 is 0 Å². The maximum atomic E-state index is 9.02. The third kappa shape index (κ3) is 7.84. The van der Waals surface area contributed by atoms with Gasteiger partial charge in [0, 0.05) is 26.2 Å². The molecule has 0 aliphatic carbocycles. The van der Waals surface area contributed by atoms with E-state index < -0.39 is 0 Å². The van der Waals surface area contributed by atoms with Crippen molar-refractivity contribution in [3.8, 4) is 11.5 Å². The molecule has 0 saturated heterocycles. The second-order valence-corrected chi connectivity index (χ2v) is 7.59. The van der Waals surface area contributed by atoms with Crippen LogP contribution in [0.3, 0.4) is 0 Å². The fraction of sp³-hybridized carbons (Fsp3) is 0.400. The summed E-state index contributed by atoms with van der Waals surface area (Å²) in [5.41, 5.74) is 2.84. The number of hydrogen-bond acceptors (Lipinski definition) is 2. The van der Waals surface area contributed by atoms with Crippen LogP contribution in [-0.2, 0) is 37.0 Å². The van der Waals surface area contributed by atoms with Crippen molar-refractivity contribution in [3.05, 3.63) is 59.7 Å². The Morgan fingerprint density at radius 1 is 0.522 bits per heavy atom. The van der Waals surface area contributed by atoms with Gasteiger partial charge >= 0.3 is 0 Å². The fourth-order valence-corrected chi connectivity index (χ4v) is 1.92. The van der Waals surface area contributed by atoms with Crippen molar-refractivity contribution < 1.29 is 36.4 Å². The molecule has 2 rings (SSSR count). The van der Waals surface area contributed by atoms with Crippen LogP contribution in [0.4, 0.5) is 0 Å². The van der Waals surface area contributed by atoms with Gasteiger partial charge in [0.2, 0.25) is 0 Å². The molecule has 3 heteroatoms. The molecule has 2 aromatic carbocycles. The average Bonchev–Trinajstić information content (AvgIpc) is 2.38. The summed E-state index contributed by atoms with van der Waals surface area (Å²) in [5, 5.41) is 18.0. The molecule has 23 heavy (non-hydrogen) atoms. The molecule has 0 aliphatic heterocycles. The molecule has 0 unspecified atom stereocenters. The largest absolute Gasteiger partial charge is 0.508 e. The summed E-state index contributed by atoms with van der Waals surface area (Å²) in [4.78, 5) is 0. The molecule has 124 valence electrons. The number of phenols is 2. The van der Waals surface area contributed by atoms with Crippen LogP contribution >= 0.6 is 0 Å². The number of phenolic OH excluding ortho intramolecular Hbond substituents is 2. The molecular formula is C20H28O2Zr. The first-order chi connectivity index (χ1) is 10.00. The van der Waals surface area contributed by atoms with Crippen molar-refractivity contribution in [2.45, 2.75) is 52.4 Å². The van der Waals surface area contributed by atoms with Crippen molar-refractivity contribution in [2.24, 2.45) is 0 Å². The van der Waals surface area contributed by atoms with Crippen LogP contribution in [-0.4, -0.2) is 10.2 Å². The van der Waals surface area contributed by atoms with E-state index in [2.05, 4.69) is 41.5 Å². The van der Waals surface area contributed by atoms with E-state index in [0.29, 0.717) is 11.5 Å². The van der Waals surface area contributed by atoms with Crippen LogP contribution in [0, 0.1) is 0 Å². The molecule has 0 saturated carbocycles. The van der Waals surface area contributed by atoms with Gasteiger partial charge in [0.1, 0.15) is 11.5 Å². The zero-order valence-corrected chi connectivity index (χ0v) is 17.5. The monoisotopic (exact) mass is 390 g/mol. The van der Waals surface area contributed by atoms with Crippen molar-refractivity contribution in [1.29, 1.82) is 0 Å². The average molecular weight is 392 g/mol. The van der Waals surface area contributed by atoms with E-state index in [-0.39, 0.29) is 37.0 Å². The maximum absolute atomic E-state index is 9.02. The number of rotatable bonds is 0. The SMILES string of the molecule is CC(C)(C)c1ccc(O)cc1.CC(C)(C)c1ccc(O)cc1.[Zr]. The van der Waals surface area contributed by atoms with Gasteiger partial charge in [0.05, 0.1) is 0 Å². The number of benzene rings is 2. The molecular weight excluding hydrogens is 363 g/mol. The van der Waals surface area contributed by atoms with Gasteiger partial charge in [-0.2, -0.15) is 0 Å². The Bertz CT molecular complexity index is 518. The van der Waals surface area contributed by atoms with Gasteiger partial charge < -0.3 is 10.2 Å². The Balaban J connectivity index is 0.000000403. The van der Waals surface area contributed by atoms with Gasteiger partial charge in [0.15, 0.2) is 0 Å². The number of hydrogen-bond donors (Lipinski definition) is 2. The molecule has 0 atom stereocenters. The quantitative estimate of drug-likeness (QED) is 0.633. The number of aromatic hydroxyl groups is 2. The summed E-state index contributed by atoms with van der Waals surface area (Å²) in [7, 11) is 0. The molecule has 2 N–H and O–H groups in total. The van der Waals surface area contributed by atoms with E-state index in [9.17, 15) is 0 Å². The molecule has 2 nitrogen and oxygen atoms in total. The summed E-state index contributed by atoms with van der Waals surface area (Å²) in [6.07, 6.45) is 0. The van der Waals surface area contributed by atoms with Crippen LogP contribution in [0.5, 0.6) is 11.5 Å².